The van der Waals surface area contributed by atoms with Gasteiger partial charge in [-0.2, -0.15) is 0 Å². The molecular weight excluding hydrogens is 444 g/mol. The Morgan fingerprint density at radius 1 is 0.382 bits per heavy atom. The molecule has 8 N–H and O–H groups in total. The van der Waals surface area contributed by atoms with Crippen LogP contribution in [0.15, 0.2) is 72.8 Å². The number of nitrogens with two attached hydrogens (primary N) is 4. The van der Waals surface area contributed by atoms with Gasteiger partial charge in [0.1, 0.15) is 23.3 Å². The van der Waals surface area contributed by atoms with Crippen LogP contribution < -0.4 is 22.9 Å². The summed E-state index contributed by atoms with van der Waals surface area (Å²) in [4.78, 5) is 0. The van der Waals surface area contributed by atoms with E-state index in [4.69, 9.17) is 22.9 Å². The molecule has 0 saturated heterocycles. The molecule has 0 saturated carbocycles. The third-order valence-electron chi connectivity index (χ3n) is 5.87. The molecule has 0 unspecified atom stereocenters. The maximum absolute atomic E-state index is 14.5. The van der Waals surface area contributed by atoms with Gasteiger partial charge >= 0.3 is 0 Å². The molecule has 4 rings (SSSR count). The normalized spacial score (nSPS) is 11.4. The Balaban J connectivity index is 2.03. The van der Waals surface area contributed by atoms with E-state index in [1.54, 1.807) is 24.3 Å². The van der Waals surface area contributed by atoms with Crippen LogP contribution in [0.4, 0.5) is 40.3 Å². The molecule has 0 aliphatic heterocycles. The maximum atomic E-state index is 14.5. The Bertz CT molecular complexity index is 1170. The summed E-state index contributed by atoms with van der Waals surface area (Å²) in [6.45, 7) is 0. The van der Waals surface area contributed by atoms with E-state index in [2.05, 4.69) is 0 Å². The fourth-order valence-corrected chi connectivity index (χ4v) is 4.10. The quantitative estimate of drug-likeness (QED) is 0.229. The summed E-state index contributed by atoms with van der Waals surface area (Å²) in [6, 6.07) is 16.8. The summed E-state index contributed by atoms with van der Waals surface area (Å²) in [7, 11) is 0. The van der Waals surface area contributed by atoms with Gasteiger partial charge in [-0.25, -0.2) is 17.6 Å². The van der Waals surface area contributed by atoms with Crippen LogP contribution in [0.2, 0.25) is 0 Å². The average Bonchev–Trinajstić information content (AvgIpc) is 2.80. The molecule has 4 aromatic rings. The van der Waals surface area contributed by atoms with E-state index in [1.807, 2.05) is 0 Å². The van der Waals surface area contributed by atoms with E-state index in [0.717, 1.165) is 0 Å². The maximum Gasteiger partial charge on any atom is 0.146 e. The van der Waals surface area contributed by atoms with E-state index >= 15 is 0 Å². The predicted octanol–water partition coefficient (Wildman–Crippen LogP) is 5.54. The molecule has 0 fully saturated rings. The summed E-state index contributed by atoms with van der Waals surface area (Å²) in [5, 5.41) is 0. The van der Waals surface area contributed by atoms with Gasteiger partial charge in [0.15, 0.2) is 0 Å². The molecule has 4 aromatic carbocycles. The van der Waals surface area contributed by atoms with Crippen LogP contribution in [0.25, 0.3) is 0 Å². The Kier molecular flexibility index (Phi) is 6.06. The molecule has 0 spiro atoms. The zero-order chi connectivity index (χ0) is 24.6. The van der Waals surface area contributed by atoms with Crippen LogP contribution in [-0.2, 0) is 0 Å². The van der Waals surface area contributed by atoms with Crippen molar-refractivity contribution in [2.24, 2.45) is 0 Å². The number of rotatable bonds is 5. The second-order valence-corrected chi connectivity index (χ2v) is 8.08. The first-order valence-corrected chi connectivity index (χ1v) is 10.4. The molecule has 174 valence electrons. The minimum absolute atomic E-state index is 0.0698. The average molecular weight is 466 g/mol. The lowest BCUT2D eigenvalue weighted by molar-refractivity contribution is 0.602. The van der Waals surface area contributed by atoms with Crippen LogP contribution in [0, 0.1) is 23.3 Å². The first-order valence-electron chi connectivity index (χ1n) is 10.4. The van der Waals surface area contributed by atoms with Crippen LogP contribution >= 0.6 is 0 Å². The smallest absolute Gasteiger partial charge is 0.146 e. The summed E-state index contributed by atoms with van der Waals surface area (Å²) in [5.74, 6) is -4.27. The third-order valence-corrected chi connectivity index (χ3v) is 5.87. The number of benzene rings is 4. The second kappa shape index (κ2) is 8.97. The molecule has 0 aromatic heterocycles. The third kappa shape index (κ3) is 4.34. The molecular formula is C26H22F4N4. The minimum Gasteiger partial charge on any atom is -0.396 e. The van der Waals surface area contributed by atoms with E-state index in [-0.39, 0.29) is 22.7 Å². The monoisotopic (exact) mass is 466 g/mol. The number of anilines is 4. The molecule has 8 heteroatoms. The highest BCUT2D eigenvalue weighted by atomic mass is 19.1. The van der Waals surface area contributed by atoms with Crippen LogP contribution in [0.3, 0.4) is 0 Å². The van der Waals surface area contributed by atoms with Gasteiger partial charge in [-0.3, -0.25) is 0 Å². The van der Waals surface area contributed by atoms with Crippen LogP contribution in [0.1, 0.15) is 34.1 Å². The van der Waals surface area contributed by atoms with Crippen molar-refractivity contribution in [3.63, 3.8) is 0 Å². The lowest BCUT2D eigenvalue weighted by Gasteiger charge is -2.30. The minimum atomic E-state index is -0.781. The van der Waals surface area contributed by atoms with Gasteiger partial charge in [0.05, 0.1) is 22.7 Å². The summed E-state index contributed by atoms with van der Waals surface area (Å²) >= 11 is 0. The number of halogens is 4. The van der Waals surface area contributed by atoms with Gasteiger partial charge in [0.2, 0.25) is 0 Å². The molecule has 34 heavy (non-hydrogen) atoms. The van der Waals surface area contributed by atoms with Crippen molar-refractivity contribution in [2.45, 2.75) is 11.8 Å². The first-order chi connectivity index (χ1) is 16.2. The number of hydrogen-bond donors (Lipinski definition) is 4. The molecule has 0 amide bonds. The van der Waals surface area contributed by atoms with Gasteiger partial charge in [-0.05, 0) is 70.8 Å². The zero-order valence-corrected chi connectivity index (χ0v) is 17.9. The largest absolute Gasteiger partial charge is 0.396 e. The second-order valence-electron chi connectivity index (χ2n) is 8.08. The van der Waals surface area contributed by atoms with E-state index in [0.29, 0.717) is 22.3 Å². The fourth-order valence-electron chi connectivity index (χ4n) is 4.10. The topological polar surface area (TPSA) is 104 Å². The summed E-state index contributed by atoms with van der Waals surface area (Å²) in [6.07, 6.45) is 0. The van der Waals surface area contributed by atoms with Gasteiger partial charge < -0.3 is 22.9 Å². The predicted molar refractivity (Wildman–Crippen MR) is 127 cm³/mol. The Morgan fingerprint density at radius 2 is 0.588 bits per heavy atom. The molecule has 0 aliphatic carbocycles. The van der Waals surface area contributed by atoms with Crippen molar-refractivity contribution < 1.29 is 17.6 Å². The van der Waals surface area contributed by atoms with Crippen molar-refractivity contribution in [3.05, 3.63) is 118 Å². The van der Waals surface area contributed by atoms with Crippen molar-refractivity contribution in [1.82, 2.24) is 0 Å². The lowest BCUT2D eigenvalue weighted by Crippen LogP contribution is -2.16. The Morgan fingerprint density at radius 3 is 0.765 bits per heavy atom. The van der Waals surface area contributed by atoms with Gasteiger partial charge in [-0.1, -0.05) is 24.3 Å². The standard InChI is InChI=1S/C26H22F4N4/c27-17-9-13(1-5-21(17)31)25(14-2-6-22(32)18(28)10-14)26(15-3-7-23(33)19(29)11-15)16-4-8-24(34)20(30)12-16/h1-12,25-26H,31-34H2. The van der Waals surface area contributed by atoms with Crippen molar-refractivity contribution in [1.29, 1.82) is 0 Å². The fraction of sp³-hybridized carbons (Fsp3) is 0.0769. The number of hydrogen-bond acceptors (Lipinski definition) is 4. The van der Waals surface area contributed by atoms with Gasteiger partial charge in [0, 0.05) is 11.8 Å². The molecule has 0 heterocycles. The summed E-state index contributed by atoms with van der Waals surface area (Å²) in [5.41, 5.74) is 24.0. The van der Waals surface area contributed by atoms with Crippen LogP contribution in [0.5, 0.6) is 0 Å². The molecule has 0 bridgehead atoms. The molecule has 0 atom stereocenters. The molecule has 0 radical (unpaired) electrons. The SMILES string of the molecule is Nc1ccc(C(c2ccc(N)c(F)c2)C(c2ccc(N)c(F)c2)c2ccc(N)c(F)c2)cc1F. The van der Waals surface area contributed by atoms with Gasteiger partial charge in [0.25, 0.3) is 0 Å². The van der Waals surface area contributed by atoms with Crippen molar-refractivity contribution in [3.8, 4) is 0 Å². The Labute approximate surface area is 193 Å². The number of nitrogen functional groups attached to an aromatic ring is 4. The highest BCUT2D eigenvalue weighted by Gasteiger charge is 2.30. The highest BCUT2D eigenvalue weighted by molar-refractivity contribution is 5.54. The lowest BCUT2D eigenvalue weighted by atomic mass is 9.73. The molecule has 0 aliphatic rings. The van der Waals surface area contributed by atoms with E-state index in [9.17, 15) is 17.6 Å². The zero-order valence-electron chi connectivity index (χ0n) is 17.9. The Hall–Kier alpha value is -4.20. The van der Waals surface area contributed by atoms with Crippen molar-refractivity contribution >= 4 is 22.7 Å². The van der Waals surface area contributed by atoms with E-state index in [1.165, 1.54) is 48.5 Å². The van der Waals surface area contributed by atoms with Crippen molar-refractivity contribution in [2.75, 3.05) is 22.9 Å². The van der Waals surface area contributed by atoms with Gasteiger partial charge in [-0.15, -0.1) is 0 Å². The highest BCUT2D eigenvalue weighted by Crippen LogP contribution is 2.44. The first kappa shape index (κ1) is 23.0. The van der Waals surface area contributed by atoms with Crippen LogP contribution in [-0.4, -0.2) is 0 Å². The summed E-state index contributed by atoms with van der Waals surface area (Å²) < 4.78 is 58.1. The molecule has 4 nitrogen and oxygen atoms in total. The van der Waals surface area contributed by atoms with E-state index < -0.39 is 35.1 Å².